The molecule has 1 aliphatic heterocycles. The Morgan fingerprint density at radius 3 is 2.59 bits per heavy atom. The van der Waals surface area contributed by atoms with Gasteiger partial charge in [0.2, 0.25) is 0 Å². The summed E-state index contributed by atoms with van der Waals surface area (Å²) in [6.45, 7) is 0. The average molecular weight is 568 g/mol. The van der Waals surface area contributed by atoms with E-state index in [4.69, 9.17) is 23.2 Å². The van der Waals surface area contributed by atoms with Crippen molar-refractivity contribution in [3.8, 4) is 11.1 Å². The number of anilines is 1. The first-order chi connectivity index (χ1) is 18.7. The first kappa shape index (κ1) is 24.9. The highest BCUT2D eigenvalue weighted by atomic mass is 35.5. The van der Waals surface area contributed by atoms with Crippen LogP contribution in [0.15, 0.2) is 67.1 Å². The third-order valence-corrected chi connectivity index (χ3v) is 6.98. The molecule has 2 aromatic heterocycles. The van der Waals surface area contributed by atoms with Crippen LogP contribution in [0.2, 0.25) is 10.0 Å². The minimum absolute atomic E-state index is 0.163. The molecule has 3 aromatic carbocycles. The number of nitrogens with one attached hydrogen (secondary N) is 2. The van der Waals surface area contributed by atoms with Gasteiger partial charge >= 0.3 is 0 Å². The van der Waals surface area contributed by atoms with E-state index in [0.29, 0.717) is 28.4 Å². The number of hydrogen-bond donors (Lipinski definition) is 2. The predicted molar refractivity (Wildman–Crippen MR) is 138 cm³/mol. The van der Waals surface area contributed by atoms with Crippen molar-refractivity contribution in [2.75, 3.05) is 5.32 Å². The van der Waals surface area contributed by atoms with E-state index in [9.17, 15) is 22.8 Å². The number of aromatic nitrogens is 3. The quantitative estimate of drug-likeness (QED) is 0.253. The van der Waals surface area contributed by atoms with Crippen molar-refractivity contribution in [1.82, 2.24) is 19.9 Å². The molecule has 0 saturated heterocycles. The lowest BCUT2D eigenvalue weighted by molar-refractivity contribution is 0.0959. The van der Waals surface area contributed by atoms with Gasteiger partial charge in [0.1, 0.15) is 12.1 Å². The summed E-state index contributed by atoms with van der Waals surface area (Å²) in [5.74, 6) is -4.45. The van der Waals surface area contributed by atoms with E-state index in [1.54, 1.807) is 35.0 Å². The van der Waals surface area contributed by atoms with Gasteiger partial charge in [0, 0.05) is 44.7 Å². The van der Waals surface area contributed by atoms with Crippen molar-refractivity contribution >= 4 is 46.4 Å². The molecule has 1 aliphatic rings. The van der Waals surface area contributed by atoms with Gasteiger partial charge in [-0.25, -0.2) is 22.7 Å². The Kier molecular flexibility index (Phi) is 6.00. The summed E-state index contributed by atoms with van der Waals surface area (Å²) in [5.41, 5.74) is 2.48. The van der Waals surface area contributed by atoms with Gasteiger partial charge in [0.25, 0.3) is 11.8 Å². The molecule has 7 nitrogen and oxygen atoms in total. The smallest absolute Gasteiger partial charge is 0.255 e. The number of amides is 2. The molecule has 0 fully saturated rings. The number of hydrogen-bond acceptors (Lipinski definition) is 4. The molecule has 0 saturated carbocycles. The zero-order valence-corrected chi connectivity index (χ0v) is 21.0. The molecule has 39 heavy (non-hydrogen) atoms. The Labute approximate surface area is 228 Å². The number of halogens is 5. The number of nitrogens with zero attached hydrogens (tertiary/aromatic N) is 3. The first-order valence-corrected chi connectivity index (χ1v) is 12.1. The zero-order chi connectivity index (χ0) is 27.4. The lowest BCUT2D eigenvalue weighted by atomic mass is 9.93. The fourth-order valence-corrected chi connectivity index (χ4v) is 4.98. The molecule has 0 radical (unpaired) electrons. The van der Waals surface area contributed by atoms with Crippen LogP contribution in [0.1, 0.15) is 37.9 Å². The van der Waals surface area contributed by atoms with Crippen LogP contribution in [0.25, 0.3) is 16.8 Å². The summed E-state index contributed by atoms with van der Waals surface area (Å²) in [4.78, 5) is 30.4. The van der Waals surface area contributed by atoms with Gasteiger partial charge in [-0.1, -0.05) is 23.2 Å². The van der Waals surface area contributed by atoms with E-state index in [-0.39, 0.29) is 27.4 Å². The molecule has 6 rings (SSSR count). The van der Waals surface area contributed by atoms with E-state index in [2.05, 4.69) is 20.7 Å². The predicted octanol–water partition coefficient (Wildman–Crippen LogP) is 6.21. The highest BCUT2D eigenvalue weighted by Gasteiger charge is 2.35. The van der Waals surface area contributed by atoms with Crippen molar-refractivity contribution < 1.29 is 22.8 Å². The highest BCUT2D eigenvalue weighted by molar-refractivity contribution is 6.31. The van der Waals surface area contributed by atoms with E-state index in [1.807, 2.05) is 0 Å². The third-order valence-electron chi connectivity index (χ3n) is 6.36. The van der Waals surface area contributed by atoms with Crippen LogP contribution >= 0.6 is 23.2 Å². The molecule has 0 spiro atoms. The summed E-state index contributed by atoms with van der Waals surface area (Å²) in [6, 6.07) is 11.2. The van der Waals surface area contributed by atoms with Gasteiger partial charge in [-0.15, -0.1) is 0 Å². The van der Waals surface area contributed by atoms with E-state index < -0.39 is 40.3 Å². The van der Waals surface area contributed by atoms with Gasteiger partial charge in [0.15, 0.2) is 17.3 Å². The summed E-state index contributed by atoms with van der Waals surface area (Å²) < 4.78 is 43.4. The average Bonchev–Trinajstić information content (AvgIpc) is 3.52. The van der Waals surface area contributed by atoms with Gasteiger partial charge in [-0.2, -0.15) is 5.10 Å². The number of carbonyl (C=O) groups excluding carboxylic acids is 2. The molecule has 3 heterocycles. The topological polar surface area (TPSA) is 88.4 Å². The summed E-state index contributed by atoms with van der Waals surface area (Å²) in [6.07, 6.45) is 3.08. The molecule has 0 aliphatic carbocycles. The second-order valence-electron chi connectivity index (χ2n) is 8.75. The fraction of sp³-hybridized carbons (Fsp3) is 0.0370. The Bertz CT molecular complexity index is 1820. The standard InChI is InChI=1S/C27H14Cl2F3N5O2/c28-18-3-2-15(30)9-16(18)25-23-17(27(39)36-25)5-13(12-1-4-22-33-11-34-37(22)10-12)8-21(23)35-26(38)14-6-19(29)24(32)20(31)7-14/h1-11,25H,(H,35,38)(H,36,39)/t25-/m0/s1. The highest BCUT2D eigenvalue weighted by Crippen LogP contribution is 2.42. The largest absolute Gasteiger partial charge is 0.341 e. The number of pyridine rings is 1. The van der Waals surface area contributed by atoms with Crippen molar-refractivity contribution in [3.63, 3.8) is 0 Å². The Balaban J connectivity index is 1.52. The number of carbonyl (C=O) groups is 2. The van der Waals surface area contributed by atoms with Crippen LogP contribution in [-0.4, -0.2) is 26.4 Å². The Morgan fingerprint density at radius 1 is 0.974 bits per heavy atom. The molecule has 5 aromatic rings. The molecule has 2 amide bonds. The molecule has 2 N–H and O–H groups in total. The molecular weight excluding hydrogens is 554 g/mol. The van der Waals surface area contributed by atoms with Gasteiger partial charge in [-0.3, -0.25) is 9.59 Å². The first-order valence-electron chi connectivity index (χ1n) is 11.4. The van der Waals surface area contributed by atoms with Crippen LogP contribution in [0.4, 0.5) is 18.9 Å². The second-order valence-corrected chi connectivity index (χ2v) is 9.56. The van der Waals surface area contributed by atoms with E-state index >= 15 is 0 Å². The Morgan fingerprint density at radius 2 is 1.79 bits per heavy atom. The van der Waals surface area contributed by atoms with Crippen LogP contribution in [0, 0.1) is 17.5 Å². The fourth-order valence-electron chi connectivity index (χ4n) is 4.54. The summed E-state index contributed by atoms with van der Waals surface area (Å²) in [7, 11) is 0. The Hall–Kier alpha value is -4.41. The minimum atomic E-state index is -1.30. The van der Waals surface area contributed by atoms with Crippen molar-refractivity contribution in [2.24, 2.45) is 0 Å². The van der Waals surface area contributed by atoms with Gasteiger partial charge < -0.3 is 10.6 Å². The van der Waals surface area contributed by atoms with Gasteiger partial charge in [-0.05, 0) is 60.2 Å². The number of rotatable bonds is 4. The number of benzene rings is 3. The second kappa shape index (κ2) is 9.40. The number of fused-ring (bicyclic) bond motifs is 2. The molecule has 0 bridgehead atoms. The van der Waals surface area contributed by atoms with Crippen LogP contribution in [-0.2, 0) is 0 Å². The molecule has 12 heteroatoms. The molecule has 194 valence electrons. The van der Waals surface area contributed by atoms with Crippen LogP contribution < -0.4 is 10.6 Å². The molecule has 0 unspecified atom stereocenters. The molecular formula is C27H14Cl2F3N5O2. The lowest BCUT2D eigenvalue weighted by Gasteiger charge is -2.19. The van der Waals surface area contributed by atoms with E-state index in [0.717, 1.165) is 6.07 Å². The SMILES string of the molecule is O=C(Nc1cc(-c2ccc3ncnn3c2)cc2c1[C@H](c1cc(F)ccc1Cl)NC2=O)c1cc(F)c(F)c(Cl)c1. The zero-order valence-electron chi connectivity index (χ0n) is 19.5. The normalized spacial score (nSPS) is 14.4. The maximum atomic E-state index is 14.2. The maximum absolute atomic E-state index is 14.2. The van der Waals surface area contributed by atoms with E-state index in [1.165, 1.54) is 24.5 Å². The summed E-state index contributed by atoms with van der Waals surface area (Å²) >= 11 is 12.1. The minimum Gasteiger partial charge on any atom is -0.341 e. The monoisotopic (exact) mass is 567 g/mol. The molecule has 1 atom stereocenters. The van der Waals surface area contributed by atoms with Crippen LogP contribution in [0.5, 0.6) is 0 Å². The lowest BCUT2D eigenvalue weighted by Crippen LogP contribution is -2.21. The van der Waals surface area contributed by atoms with Crippen molar-refractivity contribution in [2.45, 2.75) is 6.04 Å². The van der Waals surface area contributed by atoms with Crippen molar-refractivity contribution in [1.29, 1.82) is 0 Å². The van der Waals surface area contributed by atoms with Crippen molar-refractivity contribution in [3.05, 3.63) is 117 Å². The van der Waals surface area contributed by atoms with Gasteiger partial charge in [0.05, 0.1) is 11.1 Å². The summed E-state index contributed by atoms with van der Waals surface area (Å²) in [5, 5.41) is 9.22. The maximum Gasteiger partial charge on any atom is 0.255 e. The third kappa shape index (κ3) is 4.37. The van der Waals surface area contributed by atoms with Crippen LogP contribution in [0.3, 0.4) is 0 Å².